The number of hydrogen-bond acceptors (Lipinski definition) is 6. The fourth-order valence-electron chi connectivity index (χ4n) is 5.97. The molecule has 3 aromatic rings. The van der Waals surface area contributed by atoms with E-state index in [0.29, 0.717) is 48.2 Å². The molecule has 208 valence electrons. The summed E-state index contributed by atoms with van der Waals surface area (Å²) in [4.78, 5) is 18.8. The van der Waals surface area contributed by atoms with Crippen molar-refractivity contribution in [2.45, 2.75) is 68.6 Å². The largest absolute Gasteiger partial charge is 0.470 e. The molecule has 0 bridgehead atoms. The number of carbonyl (C=O) groups excluding carboxylic acids is 1. The Morgan fingerprint density at radius 3 is 2.49 bits per heavy atom. The SMILES string of the molecule is O=C(CC1CCC(c2ccc(-c3nc4cc(O[C@@H]5CO[C@H]6[C@@H]5OC[C@H]6O)[nH]c4cc3F)cc2)CC1)C(F)(F)F. The number of nitrogens with one attached hydrogen (secondary N) is 1. The highest BCUT2D eigenvalue weighted by atomic mass is 19.4. The first-order valence-corrected chi connectivity index (χ1v) is 13.1. The number of benzene rings is 1. The van der Waals surface area contributed by atoms with E-state index in [1.807, 2.05) is 12.1 Å². The molecule has 1 saturated carbocycles. The number of hydrogen-bond donors (Lipinski definition) is 2. The number of nitrogens with zero attached hydrogens (tertiary/aromatic N) is 1. The van der Waals surface area contributed by atoms with E-state index < -0.39 is 42.5 Å². The van der Waals surface area contributed by atoms with Gasteiger partial charge in [-0.15, -0.1) is 0 Å². The van der Waals surface area contributed by atoms with E-state index in [0.717, 1.165) is 5.56 Å². The topological polar surface area (TPSA) is 93.7 Å². The van der Waals surface area contributed by atoms with Gasteiger partial charge in [-0.2, -0.15) is 13.2 Å². The number of carbonyl (C=O) groups is 1. The van der Waals surface area contributed by atoms with Crippen LogP contribution >= 0.6 is 0 Å². The molecule has 7 nitrogen and oxygen atoms in total. The van der Waals surface area contributed by atoms with Crippen molar-refractivity contribution in [3.63, 3.8) is 0 Å². The molecule has 4 heterocycles. The number of aliphatic hydroxyl groups is 1. The van der Waals surface area contributed by atoms with Crippen LogP contribution < -0.4 is 4.74 Å². The van der Waals surface area contributed by atoms with Crippen LogP contribution in [-0.2, 0) is 14.3 Å². The van der Waals surface area contributed by atoms with Crippen molar-refractivity contribution in [1.82, 2.24) is 9.97 Å². The number of fused-ring (bicyclic) bond motifs is 2. The number of alkyl halides is 3. The highest BCUT2D eigenvalue weighted by molar-refractivity contribution is 5.84. The van der Waals surface area contributed by atoms with Gasteiger partial charge in [0, 0.05) is 24.1 Å². The van der Waals surface area contributed by atoms with Gasteiger partial charge in [0.1, 0.15) is 24.0 Å². The fraction of sp³-hybridized carbons (Fsp3) is 0.500. The molecule has 0 amide bonds. The predicted octanol–water partition coefficient (Wildman–Crippen LogP) is 5.07. The first-order chi connectivity index (χ1) is 18.7. The van der Waals surface area contributed by atoms with Gasteiger partial charge in [-0.05, 0) is 43.1 Å². The van der Waals surface area contributed by atoms with Gasteiger partial charge >= 0.3 is 6.18 Å². The van der Waals surface area contributed by atoms with Gasteiger partial charge in [0.2, 0.25) is 5.78 Å². The van der Waals surface area contributed by atoms with E-state index in [1.165, 1.54) is 6.07 Å². The average molecular weight is 549 g/mol. The number of rotatable bonds is 6. The number of Topliss-reactive ketones (excluding diaryl/α,β-unsaturated/α-hetero) is 1. The van der Waals surface area contributed by atoms with Crippen LogP contribution in [0.1, 0.15) is 43.6 Å². The van der Waals surface area contributed by atoms with Crippen molar-refractivity contribution in [3.8, 4) is 17.1 Å². The molecule has 1 aliphatic carbocycles. The lowest BCUT2D eigenvalue weighted by atomic mass is 9.77. The number of H-pyrrole nitrogens is 1. The predicted molar refractivity (Wildman–Crippen MR) is 132 cm³/mol. The number of aromatic amines is 1. The number of aromatic nitrogens is 2. The summed E-state index contributed by atoms with van der Waals surface area (Å²) in [7, 11) is 0. The minimum atomic E-state index is -4.77. The van der Waals surface area contributed by atoms with Crippen molar-refractivity contribution in [3.05, 3.63) is 47.8 Å². The monoisotopic (exact) mass is 548 g/mol. The average Bonchev–Trinajstić information content (AvgIpc) is 3.60. The molecule has 2 aliphatic heterocycles. The molecule has 0 spiro atoms. The van der Waals surface area contributed by atoms with Crippen LogP contribution in [0.4, 0.5) is 17.6 Å². The molecule has 2 aromatic heterocycles. The Labute approximate surface area is 221 Å². The third kappa shape index (κ3) is 5.27. The van der Waals surface area contributed by atoms with E-state index in [-0.39, 0.29) is 36.8 Å². The number of ketones is 1. The first kappa shape index (κ1) is 26.2. The van der Waals surface area contributed by atoms with E-state index in [1.54, 1.807) is 18.2 Å². The minimum absolute atomic E-state index is 0.185. The maximum absolute atomic E-state index is 15.0. The summed E-state index contributed by atoms with van der Waals surface area (Å²) in [6.45, 7) is 0.468. The molecule has 4 atom stereocenters. The summed E-state index contributed by atoms with van der Waals surface area (Å²) >= 11 is 0. The van der Waals surface area contributed by atoms with Crippen molar-refractivity contribution in [1.29, 1.82) is 0 Å². The molecule has 11 heteroatoms. The van der Waals surface area contributed by atoms with Gasteiger partial charge in [0.05, 0.1) is 24.2 Å². The summed E-state index contributed by atoms with van der Waals surface area (Å²) in [6.07, 6.45) is -4.54. The molecule has 6 rings (SSSR count). The molecule has 2 N–H and O–H groups in total. The van der Waals surface area contributed by atoms with E-state index in [2.05, 4.69) is 9.97 Å². The lowest BCUT2D eigenvalue weighted by Crippen LogP contribution is -2.34. The molecule has 39 heavy (non-hydrogen) atoms. The van der Waals surface area contributed by atoms with Crippen molar-refractivity contribution in [2.24, 2.45) is 5.92 Å². The van der Waals surface area contributed by atoms with Gasteiger partial charge in [0.15, 0.2) is 17.8 Å². The standard InChI is InChI=1S/C28H28F4N2O5/c29-18-10-19-20(11-24(33-19)39-22-13-38-26-21(35)12-37-27(22)26)34-25(18)17-7-5-16(6-8-17)15-3-1-14(2-4-15)9-23(36)28(30,31)32/h5-8,10-11,14-15,21-22,26-27,33,35H,1-4,9,12-13H2/t14?,15?,21-,22-,26-,27-/m1/s1. The van der Waals surface area contributed by atoms with Crippen LogP contribution in [0.5, 0.6) is 5.88 Å². The van der Waals surface area contributed by atoms with Crippen molar-refractivity contribution in [2.75, 3.05) is 13.2 Å². The van der Waals surface area contributed by atoms with Crippen molar-refractivity contribution >= 4 is 16.8 Å². The van der Waals surface area contributed by atoms with E-state index in [4.69, 9.17) is 14.2 Å². The highest BCUT2D eigenvalue weighted by Gasteiger charge is 2.48. The number of halogens is 4. The van der Waals surface area contributed by atoms with Gasteiger partial charge in [0.25, 0.3) is 0 Å². The zero-order chi connectivity index (χ0) is 27.3. The Kier molecular flexibility index (Phi) is 6.84. The molecule has 0 unspecified atom stereocenters. The molecule has 2 saturated heterocycles. The third-order valence-corrected chi connectivity index (χ3v) is 8.08. The van der Waals surface area contributed by atoms with Crippen LogP contribution in [0.2, 0.25) is 0 Å². The van der Waals surface area contributed by atoms with Gasteiger partial charge in [-0.25, -0.2) is 9.37 Å². The first-order valence-electron chi connectivity index (χ1n) is 13.1. The van der Waals surface area contributed by atoms with Crippen molar-refractivity contribution < 1.29 is 41.7 Å². The molecule has 3 aliphatic rings. The maximum atomic E-state index is 15.0. The summed E-state index contributed by atoms with van der Waals surface area (Å²) in [5.41, 5.74) is 2.84. The summed E-state index contributed by atoms with van der Waals surface area (Å²) in [5, 5.41) is 9.91. The van der Waals surface area contributed by atoms with Gasteiger partial charge in [-0.1, -0.05) is 24.3 Å². The smallest absolute Gasteiger partial charge is 0.449 e. The van der Waals surface area contributed by atoms with Gasteiger partial charge < -0.3 is 24.3 Å². The zero-order valence-electron chi connectivity index (χ0n) is 20.9. The van der Waals surface area contributed by atoms with E-state index >= 15 is 4.39 Å². The lowest BCUT2D eigenvalue weighted by molar-refractivity contribution is -0.172. The molecular formula is C28H28F4N2O5. The molecule has 1 aromatic carbocycles. The van der Waals surface area contributed by atoms with Crippen LogP contribution in [0.25, 0.3) is 22.3 Å². The molecular weight excluding hydrogens is 520 g/mol. The normalized spacial score (nSPS) is 29.1. The fourth-order valence-corrected chi connectivity index (χ4v) is 5.97. The maximum Gasteiger partial charge on any atom is 0.449 e. The number of ether oxygens (including phenoxy) is 3. The summed E-state index contributed by atoms with van der Waals surface area (Å²) in [5.74, 6) is -1.80. The molecule has 3 fully saturated rings. The van der Waals surface area contributed by atoms with Crippen LogP contribution in [0, 0.1) is 11.7 Å². The number of aliphatic hydroxyl groups excluding tert-OH is 1. The van der Waals surface area contributed by atoms with E-state index in [9.17, 15) is 23.1 Å². The van der Waals surface area contributed by atoms with Crippen LogP contribution in [0.3, 0.4) is 0 Å². The Bertz CT molecular complexity index is 1350. The summed E-state index contributed by atoms with van der Waals surface area (Å²) < 4.78 is 69.9. The summed E-state index contributed by atoms with van der Waals surface area (Å²) in [6, 6.07) is 10.5. The Balaban J connectivity index is 1.11. The van der Waals surface area contributed by atoms with Crippen LogP contribution in [0.15, 0.2) is 36.4 Å². The lowest BCUT2D eigenvalue weighted by Gasteiger charge is -2.28. The highest BCUT2D eigenvalue weighted by Crippen LogP contribution is 2.39. The Morgan fingerprint density at radius 1 is 1.05 bits per heavy atom. The second-order valence-electron chi connectivity index (χ2n) is 10.7. The third-order valence-electron chi connectivity index (χ3n) is 8.08. The molecule has 0 radical (unpaired) electrons. The quantitative estimate of drug-likeness (QED) is 0.418. The minimum Gasteiger partial charge on any atom is -0.470 e. The number of pyridine rings is 1. The Morgan fingerprint density at radius 2 is 1.77 bits per heavy atom. The Hall–Kier alpha value is -3.02. The second kappa shape index (κ2) is 10.2. The second-order valence-corrected chi connectivity index (χ2v) is 10.7. The zero-order valence-corrected chi connectivity index (χ0v) is 20.9. The van der Waals surface area contributed by atoms with Crippen LogP contribution in [-0.4, -0.2) is 64.7 Å². The van der Waals surface area contributed by atoms with Gasteiger partial charge in [-0.3, -0.25) is 4.79 Å².